The highest BCUT2D eigenvalue weighted by atomic mass is 35.5. The summed E-state index contributed by atoms with van der Waals surface area (Å²) in [5.41, 5.74) is 1.08. The second-order valence-electron chi connectivity index (χ2n) is 5.36. The van der Waals surface area contributed by atoms with Crippen molar-refractivity contribution >= 4 is 29.2 Å². The molecule has 0 aliphatic carbocycles. The van der Waals surface area contributed by atoms with Crippen LogP contribution in [0.25, 0.3) is 0 Å². The Bertz CT molecular complexity index is 810. The number of amides is 1. The van der Waals surface area contributed by atoms with E-state index in [-0.39, 0.29) is 10.6 Å². The average Bonchev–Trinajstić information content (AvgIpc) is 2.54. The molecule has 1 N–H and O–H groups in total. The molecule has 7 heteroatoms. The normalized spacial score (nSPS) is 11.6. The van der Waals surface area contributed by atoms with Crippen LogP contribution in [0.15, 0.2) is 36.4 Å². The van der Waals surface area contributed by atoms with Crippen LogP contribution in [0.4, 0.5) is 10.1 Å². The van der Waals surface area contributed by atoms with E-state index in [0.29, 0.717) is 11.4 Å². The Kier molecular flexibility index (Phi) is 5.98. The number of anilines is 1. The molecule has 0 saturated heterocycles. The number of hydrogen-bond donors (Lipinski definition) is 1. The van der Waals surface area contributed by atoms with Crippen molar-refractivity contribution < 1.29 is 23.5 Å². The number of esters is 1. The van der Waals surface area contributed by atoms with Gasteiger partial charge in [0, 0.05) is 5.02 Å². The van der Waals surface area contributed by atoms with Gasteiger partial charge in [-0.3, -0.25) is 4.79 Å². The third kappa shape index (κ3) is 4.70. The van der Waals surface area contributed by atoms with Crippen molar-refractivity contribution in [2.45, 2.75) is 20.0 Å². The lowest BCUT2D eigenvalue weighted by atomic mass is 10.2. The van der Waals surface area contributed by atoms with E-state index in [9.17, 15) is 14.0 Å². The number of nitrogens with one attached hydrogen (secondary N) is 1. The maximum atomic E-state index is 13.7. The summed E-state index contributed by atoms with van der Waals surface area (Å²) < 4.78 is 23.9. The third-order valence-corrected chi connectivity index (χ3v) is 3.65. The van der Waals surface area contributed by atoms with E-state index < -0.39 is 23.8 Å². The van der Waals surface area contributed by atoms with Gasteiger partial charge in [-0.15, -0.1) is 0 Å². The minimum Gasteiger partial charge on any atom is -0.495 e. The van der Waals surface area contributed by atoms with Crippen molar-refractivity contribution in [2.24, 2.45) is 0 Å². The fourth-order valence-corrected chi connectivity index (χ4v) is 2.25. The van der Waals surface area contributed by atoms with E-state index in [1.54, 1.807) is 12.1 Å². The average molecular weight is 366 g/mol. The highest BCUT2D eigenvalue weighted by Gasteiger charge is 2.22. The van der Waals surface area contributed by atoms with Gasteiger partial charge in [0.05, 0.1) is 18.4 Å². The number of benzene rings is 2. The van der Waals surface area contributed by atoms with Crippen molar-refractivity contribution in [3.63, 3.8) is 0 Å². The van der Waals surface area contributed by atoms with Crippen molar-refractivity contribution in [1.82, 2.24) is 0 Å². The minimum absolute atomic E-state index is 0.159. The summed E-state index contributed by atoms with van der Waals surface area (Å²) >= 11 is 5.64. The molecule has 1 amide bonds. The standard InChI is InChI=1S/C18H17ClFNO4/c1-10-4-7-16(24-3)15(8-10)21-17(22)11(2)25-18(23)13-6-5-12(19)9-14(13)20/h4-9,11H,1-3H3,(H,21,22)/t11-/m0/s1. The molecule has 0 bridgehead atoms. The zero-order valence-electron chi connectivity index (χ0n) is 13.9. The Morgan fingerprint density at radius 2 is 1.92 bits per heavy atom. The van der Waals surface area contributed by atoms with E-state index in [2.05, 4.69) is 5.32 Å². The topological polar surface area (TPSA) is 64.6 Å². The smallest absolute Gasteiger partial charge is 0.341 e. The number of carbonyl (C=O) groups is 2. The quantitative estimate of drug-likeness (QED) is 0.814. The van der Waals surface area contributed by atoms with Crippen molar-refractivity contribution in [3.8, 4) is 5.75 Å². The lowest BCUT2D eigenvalue weighted by Crippen LogP contribution is -2.30. The predicted molar refractivity (Wildman–Crippen MR) is 92.6 cm³/mol. The molecule has 0 heterocycles. The molecule has 0 saturated carbocycles. The number of ether oxygens (including phenoxy) is 2. The van der Waals surface area contributed by atoms with E-state index in [1.807, 2.05) is 13.0 Å². The third-order valence-electron chi connectivity index (χ3n) is 3.42. The second-order valence-corrected chi connectivity index (χ2v) is 5.80. The summed E-state index contributed by atoms with van der Waals surface area (Å²) in [5.74, 6) is -1.86. The molecule has 132 valence electrons. The fourth-order valence-electron chi connectivity index (χ4n) is 2.09. The summed E-state index contributed by atoms with van der Waals surface area (Å²) in [5, 5.41) is 2.79. The van der Waals surface area contributed by atoms with E-state index in [4.69, 9.17) is 21.1 Å². The van der Waals surface area contributed by atoms with Gasteiger partial charge in [-0.05, 0) is 49.7 Å². The molecule has 25 heavy (non-hydrogen) atoms. The molecular formula is C18H17ClFNO4. The van der Waals surface area contributed by atoms with Crippen LogP contribution in [0.5, 0.6) is 5.75 Å². The number of carbonyl (C=O) groups excluding carboxylic acids is 2. The molecule has 1 atom stereocenters. The van der Waals surface area contributed by atoms with Crippen LogP contribution in [0, 0.1) is 12.7 Å². The Morgan fingerprint density at radius 1 is 1.20 bits per heavy atom. The van der Waals surface area contributed by atoms with Gasteiger partial charge in [0.1, 0.15) is 11.6 Å². The Morgan fingerprint density at radius 3 is 2.56 bits per heavy atom. The van der Waals surface area contributed by atoms with Gasteiger partial charge in [-0.25, -0.2) is 9.18 Å². The van der Waals surface area contributed by atoms with Gasteiger partial charge in [-0.2, -0.15) is 0 Å². The van der Waals surface area contributed by atoms with Crippen LogP contribution in [0.1, 0.15) is 22.8 Å². The van der Waals surface area contributed by atoms with Crippen LogP contribution < -0.4 is 10.1 Å². The highest BCUT2D eigenvalue weighted by Crippen LogP contribution is 2.25. The Balaban J connectivity index is 2.07. The molecule has 2 aromatic rings. The molecule has 0 aromatic heterocycles. The first kappa shape index (κ1) is 18.7. The molecule has 0 aliphatic heterocycles. The number of methoxy groups -OCH3 is 1. The fraction of sp³-hybridized carbons (Fsp3) is 0.222. The maximum absolute atomic E-state index is 13.7. The van der Waals surface area contributed by atoms with E-state index in [1.165, 1.54) is 26.2 Å². The molecule has 0 aliphatic rings. The van der Waals surface area contributed by atoms with Crippen molar-refractivity contribution in [3.05, 3.63) is 58.4 Å². The highest BCUT2D eigenvalue weighted by molar-refractivity contribution is 6.30. The summed E-state index contributed by atoms with van der Waals surface area (Å²) in [6.45, 7) is 3.26. The summed E-state index contributed by atoms with van der Waals surface area (Å²) in [4.78, 5) is 24.3. The lowest BCUT2D eigenvalue weighted by Gasteiger charge is -2.16. The monoisotopic (exact) mass is 365 g/mol. The van der Waals surface area contributed by atoms with Crippen LogP contribution in [0.3, 0.4) is 0 Å². The molecule has 2 aromatic carbocycles. The first-order valence-electron chi connectivity index (χ1n) is 7.43. The number of aryl methyl sites for hydroxylation is 1. The first-order chi connectivity index (χ1) is 11.8. The zero-order chi connectivity index (χ0) is 18.6. The van der Waals surface area contributed by atoms with Gasteiger partial charge in [0.25, 0.3) is 5.91 Å². The first-order valence-corrected chi connectivity index (χ1v) is 7.81. The van der Waals surface area contributed by atoms with Crippen LogP contribution in [-0.4, -0.2) is 25.1 Å². The lowest BCUT2D eigenvalue weighted by molar-refractivity contribution is -0.123. The van der Waals surface area contributed by atoms with Gasteiger partial charge in [0.15, 0.2) is 6.10 Å². The molecular weight excluding hydrogens is 349 g/mol. The largest absolute Gasteiger partial charge is 0.495 e. The molecule has 0 fully saturated rings. The number of hydrogen-bond acceptors (Lipinski definition) is 4. The van der Waals surface area contributed by atoms with Gasteiger partial charge < -0.3 is 14.8 Å². The summed E-state index contributed by atoms with van der Waals surface area (Å²) in [6.07, 6.45) is -1.13. The molecule has 0 unspecified atom stereocenters. The Hall–Kier alpha value is -2.60. The molecule has 5 nitrogen and oxygen atoms in total. The maximum Gasteiger partial charge on any atom is 0.341 e. The summed E-state index contributed by atoms with van der Waals surface area (Å²) in [6, 6.07) is 8.84. The van der Waals surface area contributed by atoms with E-state index >= 15 is 0 Å². The van der Waals surface area contributed by atoms with Gasteiger partial charge >= 0.3 is 5.97 Å². The molecule has 0 spiro atoms. The molecule has 2 rings (SSSR count). The summed E-state index contributed by atoms with van der Waals surface area (Å²) in [7, 11) is 1.48. The Labute approximate surface area is 149 Å². The number of halogens is 2. The van der Waals surface area contributed by atoms with Crippen molar-refractivity contribution in [2.75, 3.05) is 12.4 Å². The molecule has 0 radical (unpaired) electrons. The predicted octanol–water partition coefficient (Wildman–Crippen LogP) is 3.98. The minimum atomic E-state index is -1.13. The number of rotatable bonds is 5. The van der Waals surface area contributed by atoms with Gasteiger partial charge in [-0.1, -0.05) is 17.7 Å². The van der Waals surface area contributed by atoms with Crippen molar-refractivity contribution in [1.29, 1.82) is 0 Å². The van der Waals surface area contributed by atoms with Crippen LogP contribution in [-0.2, 0) is 9.53 Å². The SMILES string of the molecule is COc1ccc(C)cc1NC(=O)[C@H](C)OC(=O)c1ccc(Cl)cc1F. The van der Waals surface area contributed by atoms with Crippen LogP contribution in [0.2, 0.25) is 5.02 Å². The van der Waals surface area contributed by atoms with E-state index in [0.717, 1.165) is 11.6 Å². The van der Waals surface area contributed by atoms with Crippen LogP contribution >= 0.6 is 11.6 Å². The zero-order valence-corrected chi connectivity index (χ0v) is 14.7. The second kappa shape index (κ2) is 7.98. The van der Waals surface area contributed by atoms with Gasteiger partial charge in [0.2, 0.25) is 0 Å².